The molecule has 1 heterocycles. The predicted octanol–water partition coefficient (Wildman–Crippen LogP) is 3.22. The summed E-state index contributed by atoms with van der Waals surface area (Å²) in [5.41, 5.74) is 0.816. The number of ketones is 1. The number of Topliss-reactive ketones (excluding diaryl/α,β-unsaturated/α-hetero) is 1. The first-order valence-corrected chi connectivity index (χ1v) is 5.19. The van der Waals surface area contributed by atoms with Crippen LogP contribution in [-0.4, -0.2) is 10.8 Å². The topological polar surface area (TPSA) is 30.0 Å². The van der Waals surface area contributed by atoms with Crippen LogP contribution in [0.1, 0.15) is 30.1 Å². The van der Waals surface area contributed by atoms with Gasteiger partial charge in [0.05, 0.1) is 0 Å². The van der Waals surface area contributed by atoms with Gasteiger partial charge in [0.2, 0.25) is 0 Å². The van der Waals surface area contributed by atoms with Crippen molar-refractivity contribution in [3.05, 3.63) is 42.2 Å². The van der Waals surface area contributed by atoms with Gasteiger partial charge in [-0.15, -0.1) is 0 Å². The van der Waals surface area contributed by atoms with Gasteiger partial charge in [0.1, 0.15) is 0 Å². The molecule has 0 saturated heterocycles. The Hall–Kier alpha value is -1.70. The average molecular weight is 199 g/mol. The first-order chi connectivity index (χ1) is 7.33. The van der Waals surface area contributed by atoms with Crippen molar-refractivity contribution < 1.29 is 4.79 Å². The molecule has 0 aliphatic heterocycles. The predicted molar refractivity (Wildman–Crippen MR) is 61.0 cm³/mol. The van der Waals surface area contributed by atoms with Gasteiger partial charge in [0, 0.05) is 29.8 Å². The van der Waals surface area contributed by atoms with Crippen molar-refractivity contribution in [2.24, 2.45) is 0 Å². The standard InChI is InChI=1S/C13H13NO/c1-2-4-13(15)12-6-3-5-10-9-14-8-7-11(10)12/h3,5-9H,2,4H2,1H3. The number of hydrogen-bond donors (Lipinski definition) is 0. The minimum absolute atomic E-state index is 0.217. The second kappa shape index (κ2) is 4.22. The summed E-state index contributed by atoms with van der Waals surface area (Å²) < 4.78 is 0. The van der Waals surface area contributed by atoms with E-state index < -0.39 is 0 Å². The molecular weight excluding hydrogens is 186 g/mol. The van der Waals surface area contributed by atoms with Crippen LogP contribution in [0.5, 0.6) is 0 Å². The lowest BCUT2D eigenvalue weighted by Gasteiger charge is -2.03. The maximum absolute atomic E-state index is 11.8. The van der Waals surface area contributed by atoms with Gasteiger partial charge >= 0.3 is 0 Å². The summed E-state index contributed by atoms with van der Waals surface area (Å²) >= 11 is 0. The van der Waals surface area contributed by atoms with E-state index in [1.54, 1.807) is 12.4 Å². The molecule has 0 aliphatic carbocycles. The summed E-state index contributed by atoms with van der Waals surface area (Å²) in [5.74, 6) is 0.217. The summed E-state index contributed by atoms with van der Waals surface area (Å²) in [7, 11) is 0. The molecule has 76 valence electrons. The van der Waals surface area contributed by atoms with Crippen LogP contribution in [0.25, 0.3) is 10.8 Å². The summed E-state index contributed by atoms with van der Waals surface area (Å²) in [6, 6.07) is 7.68. The normalized spacial score (nSPS) is 10.5. The fourth-order valence-corrected chi connectivity index (χ4v) is 1.73. The quantitative estimate of drug-likeness (QED) is 0.710. The van der Waals surface area contributed by atoms with Crippen LogP contribution in [0.3, 0.4) is 0 Å². The van der Waals surface area contributed by atoms with Gasteiger partial charge in [-0.05, 0) is 17.9 Å². The lowest BCUT2D eigenvalue weighted by atomic mass is 10.0. The molecule has 1 aromatic carbocycles. The molecule has 0 saturated carbocycles. The van der Waals surface area contributed by atoms with Crippen LogP contribution < -0.4 is 0 Å². The van der Waals surface area contributed by atoms with Crippen molar-refractivity contribution in [3.8, 4) is 0 Å². The molecule has 0 atom stereocenters. The zero-order valence-corrected chi connectivity index (χ0v) is 8.73. The highest BCUT2D eigenvalue weighted by atomic mass is 16.1. The van der Waals surface area contributed by atoms with Crippen molar-refractivity contribution in [1.82, 2.24) is 4.98 Å². The molecule has 0 spiro atoms. The molecule has 15 heavy (non-hydrogen) atoms. The van der Waals surface area contributed by atoms with Crippen molar-refractivity contribution in [2.75, 3.05) is 0 Å². The van der Waals surface area contributed by atoms with E-state index in [1.165, 1.54) is 0 Å². The summed E-state index contributed by atoms with van der Waals surface area (Å²) in [6.45, 7) is 2.02. The number of hydrogen-bond acceptors (Lipinski definition) is 2. The number of fused-ring (bicyclic) bond motifs is 1. The maximum Gasteiger partial charge on any atom is 0.163 e. The SMILES string of the molecule is CCCC(=O)c1cccc2cnccc12. The van der Waals surface area contributed by atoms with E-state index in [0.717, 1.165) is 22.8 Å². The van der Waals surface area contributed by atoms with Crippen LogP contribution in [-0.2, 0) is 0 Å². The Morgan fingerprint density at radius 3 is 3.00 bits per heavy atom. The largest absolute Gasteiger partial charge is 0.294 e. The molecule has 0 unspecified atom stereocenters. The Bertz CT molecular complexity index is 485. The molecule has 0 radical (unpaired) electrons. The van der Waals surface area contributed by atoms with E-state index in [4.69, 9.17) is 0 Å². The number of nitrogens with zero attached hydrogens (tertiary/aromatic N) is 1. The van der Waals surface area contributed by atoms with Crippen molar-refractivity contribution in [2.45, 2.75) is 19.8 Å². The van der Waals surface area contributed by atoms with E-state index in [2.05, 4.69) is 4.98 Å². The zero-order chi connectivity index (χ0) is 10.7. The Labute approximate surface area is 89.0 Å². The molecule has 0 N–H and O–H groups in total. The summed E-state index contributed by atoms with van der Waals surface area (Å²) in [6.07, 6.45) is 5.02. The van der Waals surface area contributed by atoms with Gasteiger partial charge in [0.15, 0.2) is 5.78 Å². The number of carbonyl (C=O) groups excluding carboxylic acids is 1. The number of pyridine rings is 1. The molecule has 0 fully saturated rings. The summed E-state index contributed by atoms with van der Waals surface area (Å²) in [4.78, 5) is 15.9. The molecule has 2 aromatic rings. The third-order valence-electron chi connectivity index (χ3n) is 2.46. The van der Waals surface area contributed by atoms with Gasteiger partial charge in [0.25, 0.3) is 0 Å². The van der Waals surface area contributed by atoms with Gasteiger partial charge in [-0.3, -0.25) is 9.78 Å². The third kappa shape index (κ3) is 1.89. The van der Waals surface area contributed by atoms with Gasteiger partial charge in [-0.1, -0.05) is 25.1 Å². The first kappa shape index (κ1) is 9.84. The molecule has 0 bridgehead atoms. The Kier molecular flexibility index (Phi) is 2.77. The highest BCUT2D eigenvalue weighted by molar-refractivity contribution is 6.07. The Morgan fingerprint density at radius 1 is 1.33 bits per heavy atom. The molecule has 0 amide bonds. The van der Waals surface area contributed by atoms with Crippen LogP contribution >= 0.6 is 0 Å². The van der Waals surface area contributed by atoms with Crippen LogP contribution in [0.15, 0.2) is 36.7 Å². The Morgan fingerprint density at radius 2 is 2.20 bits per heavy atom. The second-order valence-electron chi connectivity index (χ2n) is 3.58. The number of benzene rings is 1. The minimum Gasteiger partial charge on any atom is -0.294 e. The van der Waals surface area contributed by atoms with E-state index in [1.807, 2.05) is 31.2 Å². The molecule has 1 aromatic heterocycles. The molecule has 2 heteroatoms. The van der Waals surface area contributed by atoms with E-state index in [-0.39, 0.29) is 5.78 Å². The van der Waals surface area contributed by atoms with E-state index in [9.17, 15) is 4.79 Å². The molecule has 0 aliphatic rings. The van der Waals surface area contributed by atoms with Crippen LogP contribution in [0.4, 0.5) is 0 Å². The lowest BCUT2D eigenvalue weighted by molar-refractivity contribution is 0.0983. The molecule has 2 rings (SSSR count). The Balaban J connectivity index is 2.56. The van der Waals surface area contributed by atoms with E-state index >= 15 is 0 Å². The van der Waals surface area contributed by atoms with Gasteiger partial charge in [-0.2, -0.15) is 0 Å². The van der Waals surface area contributed by atoms with Crippen molar-refractivity contribution in [3.63, 3.8) is 0 Å². The second-order valence-corrected chi connectivity index (χ2v) is 3.58. The first-order valence-electron chi connectivity index (χ1n) is 5.19. The van der Waals surface area contributed by atoms with Crippen molar-refractivity contribution in [1.29, 1.82) is 0 Å². The van der Waals surface area contributed by atoms with Crippen molar-refractivity contribution >= 4 is 16.6 Å². The molecule has 2 nitrogen and oxygen atoms in total. The maximum atomic E-state index is 11.8. The van der Waals surface area contributed by atoms with E-state index in [0.29, 0.717) is 6.42 Å². The number of carbonyl (C=O) groups is 1. The smallest absolute Gasteiger partial charge is 0.163 e. The number of rotatable bonds is 3. The molecular formula is C13H13NO. The third-order valence-corrected chi connectivity index (χ3v) is 2.46. The number of aromatic nitrogens is 1. The minimum atomic E-state index is 0.217. The highest BCUT2D eigenvalue weighted by Crippen LogP contribution is 2.19. The average Bonchev–Trinajstić information content (AvgIpc) is 2.28. The highest BCUT2D eigenvalue weighted by Gasteiger charge is 2.07. The van der Waals surface area contributed by atoms with Crippen LogP contribution in [0, 0.1) is 0 Å². The van der Waals surface area contributed by atoms with Gasteiger partial charge < -0.3 is 0 Å². The lowest BCUT2D eigenvalue weighted by Crippen LogP contribution is -1.98. The zero-order valence-electron chi connectivity index (χ0n) is 8.73. The fourth-order valence-electron chi connectivity index (χ4n) is 1.73. The van der Waals surface area contributed by atoms with Gasteiger partial charge in [-0.25, -0.2) is 0 Å². The summed E-state index contributed by atoms with van der Waals surface area (Å²) in [5, 5.41) is 2.03. The van der Waals surface area contributed by atoms with Crippen LogP contribution in [0.2, 0.25) is 0 Å². The monoisotopic (exact) mass is 199 g/mol. The fraction of sp³-hybridized carbons (Fsp3) is 0.231.